The van der Waals surface area contributed by atoms with Gasteiger partial charge in [0.1, 0.15) is 17.3 Å². The molecule has 0 amide bonds. The summed E-state index contributed by atoms with van der Waals surface area (Å²) in [4.78, 5) is 11.1. The van der Waals surface area contributed by atoms with Crippen molar-refractivity contribution in [1.82, 2.24) is 5.32 Å². The maximum absolute atomic E-state index is 13.6. The molecule has 0 bridgehead atoms. The number of aryl methyl sites for hydroxylation is 1. The molecule has 0 fully saturated rings. The van der Waals surface area contributed by atoms with Gasteiger partial charge in [0.05, 0.1) is 11.7 Å². The average Bonchev–Trinajstić information content (AvgIpc) is 2.78. The van der Waals surface area contributed by atoms with Crippen LogP contribution in [0.15, 0.2) is 60.7 Å². The van der Waals surface area contributed by atoms with Crippen molar-refractivity contribution in [1.29, 1.82) is 0 Å². The van der Waals surface area contributed by atoms with Crippen molar-refractivity contribution in [3.63, 3.8) is 0 Å². The van der Waals surface area contributed by atoms with Gasteiger partial charge >= 0.3 is 5.97 Å². The predicted molar refractivity (Wildman–Crippen MR) is 120 cm³/mol. The lowest BCUT2D eigenvalue weighted by Gasteiger charge is -2.27. The second-order valence-electron chi connectivity index (χ2n) is 7.90. The lowest BCUT2D eigenvalue weighted by Crippen LogP contribution is -2.37. The lowest BCUT2D eigenvalue weighted by atomic mass is 9.88. The molecule has 3 aromatic rings. The highest BCUT2D eigenvalue weighted by Crippen LogP contribution is 2.30. The van der Waals surface area contributed by atoms with Crippen molar-refractivity contribution < 1.29 is 24.1 Å². The van der Waals surface area contributed by atoms with E-state index >= 15 is 0 Å². The van der Waals surface area contributed by atoms with Crippen molar-refractivity contribution in [2.45, 2.75) is 31.4 Å². The summed E-state index contributed by atoms with van der Waals surface area (Å²) >= 11 is 6.01. The Hall–Kier alpha value is -2.93. The first kappa shape index (κ1) is 22.3. The van der Waals surface area contributed by atoms with Crippen LogP contribution in [0.3, 0.4) is 0 Å². The first-order chi connectivity index (χ1) is 15.4. The zero-order valence-electron chi connectivity index (χ0n) is 17.2. The van der Waals surface area contributed by atoms with E-state index in [1.54, 1.807) is 12.1 Å². The molecule has 0 saturated carbocycles. The molecule has 4 rings (SSSR count). The van der Waals surface area contributed by atoms with Gasteiger partial charge in [-0.15, -0.1) is 0 Å². The lowest BCUT2D eigenvalue weighted by molar-refractivity contribution is 0.0691. The molecule has 0 aliphatic heterocycles. The molecule has 0 saturated heterocycles. The van der Waals surface area contributed by atoms with Crippen LogP contribution in [-0.4, -0.2) is 28.8 Å². The van der Waals surface area contributed by atoms with Crippen molar-refractivity contribution in [3.05, 3.63) is 93.8 Å². The Morgan fingerprint density at radius 2 is 1.91 bits per heavy atom. The molecule has 0 heterocycles. The summed E-state index contributed by atoms with van der Waals surface area (Å²) in [6, 6.07) is 16.8. The number of carboxylic acid groups (broad SMARTS) is 1. The number of carboxylic acids is 1. The third-order valence-corrected chi connectivity index (χ3v) is 5.88. The van der Waals surface area contributed by atoms with Gasteiger partial charge in [-0.3, -0.25) is 0 Å². The summed E-state index contributed by atoms with van der Waals surface area (Å²) in [6.07, 6.45) is 1.99. The number of fused-ring (bicyclic) bond motifs is 1. The van der Waals surface area contributed by atoms with E-state index in [0.29, 0.717) is 17.3 Å². The fourth-order valence-electron chi connectivity index (χ4n) is 3.95. The fourth-order valence-corrected chi connectivity index (χ4v) is 4.15. The molecular weight excluding hydrogens is 433 g/mol. The van der Waals surface area contributed by atoms with Crippen LogP contribution in [0.25, 0.3) is 0 Å². The zero-order valence-corrected chi connectivity index (χ0v) is 18.0. The number of ether oxygens (including phenoxy) is 1. The van der Waals surface area contributed by atoms with Crippen LogP contribution in [0.1, 0.15) is 39.6 Å². The van der Waals surface area contributed by atoms with E-state index in [9.17, 15) is 14.3 Å². The predicted octanol–water partition coefficient (Wildman–Crippen LogP) is 5.15. The number of aromatic carboxylic acids is 1. The second kappa shape index (κ2) is 9.69. The normalized spacial score (nSPS) is 16.3. The Morgan fingerprint density at radius 1 is 1.12 bits per heavy atom. The Bertz CT molecular complexity index is 1140. The minimum atomic E-state index is -1.34. The van der Waals surface area contributed by atoms with Crippen molar-refractivity contribution in [2.24, 2.45) is 0 Å². The molecule has 0 aromatic heterocycles. The number of nitrogens with one attached hydrogen (secondary N) is 1. The van der Waals surface area contributed by atoms with Crippen LogP contribution in [0.2, 0.25) is 5.02 Å². The number of halogens is 2. The smallest absolute Gasteiger partial charge is 0.338 e. The molecule has 3 N–H and O–H groups in total. The Morgan fingerprint density at radius 3 is 2.69 bits per heavy atom. The topological polar surface area (TPSA) is 78.8 Å². The van der Waals surface area contributed by atoms with Crippen LogP contribution in [0.4, 0.5) is 4.39 Å². The maximum atomic E-state index is 13.6. The van der Waals surface area contributed by atoms with Gasteiger partial charge in [-0.2, -0.15) is 0 Å². The summed E-state index contributed by atoms with van der Waals surface area (Å²) in [7, 11) is 0. The Labute approximate surface area is 190 Å². The molecule has 0 spiro atoms. The van der Waals surface area contributed by atoms with Gasteiger partial charge in [0, 0.05) is 17.6 Å². The van der Waals surface area contributed by atoms with Crippen LogP contribution in [0, 0.1) is 5.82 Å². The van der Waals surface area contributed by atoms with Crippen LogP contribution >= 0.6 is 11.6 Å². The largest absolute Gasteiger partial charge is 0.478 e. The number of rotatable bonds is 7. The molecule has 7 heteroatoms. The number of aliphatic hydroxyl groups is 1. The molecular formula is C25H23ClFNO4. The second-order valence-corrected chi connectivity index (χ2v) is 8.33. The van der Waals surface area contributed by atoms with Crippen molar-refractivity contribution >= 4 is 17.6 Å². The van der Waals surface area contributed by atoms with Gasteiger partial charge < -0.3 is 20.3 Å². The molecule has 32 heavy (non-hydrogen) atoms. The molecule has 1 aliphatic rings. The SMILES string of the molecule is O=C(O)c1cc(Oc2ccc3c(c2)C[C@@H](NC[C@@H](O)c2cccc(Cl)c2)CC3)ccc1F. The number of carbonyl (C=O) groups is 1. The summed E-state index contributed by atoms with van der Waals surface area (Å²) in [5.74, 6) is -1.32. The molecule has 5 nitrogen and oxygen atoms in total. The summed E-state index contributed by atoms with van der Waals surface area (Å²) in [5.41, 5.74) is 2.71. The molecule has 0 radical (unpaired) electrons. The minimum absolute atomic E-state index is 0.205. The van der Waals surface area contributed by atoms with Gasteiger partial charge in [0.15, 0.2) is 0 Å². The zero-order chi connectivity index (χ0) is 22.7. The quantitative estimate of drug-likeness (QED) is 0.459. The first-order valence-corrected chi connectivity index (χ1v) is 10.8. The van der Waals surface area contributed by atoms with Gasteiger partial charge in [0.25, 0.3) is 0 Å². The average molecular weight is 456 g/mol. The third kappa shape index (κ3) is 5.27. The van der Waals surface area contributed by atoms with Gasteiger partial charge in [-0.05, 0) is 78.4 Å². The highest BCUT2D eigenvalue weighted by molar-refractivity contribution is 6.30. The van der Waals surface area contributed by atoms with Crippen LogP contribution in [0.5, 0.6) is 11.5 Å². The number of hydrogen-bond acceptors (Lipinski definition) is 4. The van der Waals surface area contributed by atoms with Crippen LogP contribution in [-0.2, 0) is 12.8 Å². The van der Waals surface area contributed by atoms with E-state index in [2.05, 4.69) is 5.32 Å². The molecule has 3 aromatic carbocycles. The minimum Gasteiger partial charge on any atom is -0.478 e. The number of hydrogen-bond donors (Lipinski definition) is 3. The van der Waals surface area contributed by atoms with E-state index in [1.165, 1.54) is 17.7 Å². The molecule has 0 unspecified atom stereocenters. The van der Waals surface area contributed by atoms with E-state index in [4.69, 9.17) is 21.4 Å². The Balaban J connectivity index is 1.41. The number of aliphatic hydroxyl groups excluding tert-OH is 1. The monoisotopic (exact) mass is 455 g/mol. The summed E-state index contributed by atoms with van der Waals surface area (Å²) < 4.78 is 19.4. The van der Waals surface area contributed by atoms with Crippen molar-refractivity contribution in [3.8, 4) is 11.5 Å². The highest BCUT2D eigenvalue weighted by Gasteiger charge is 2.20. The van der Waals surface area contributed by atoms with E-state index in [0.717, 1.165) is 36.5 Å². The van der Waals surface area contributed by atoms with E-state index in [1.807, 2.05) is 30.3 Å². The third-order valence-electron chi connectivity index (χ3n) is 5.64. The fraction of sp³-hybridized carbons (Fsp3) is 0.240. The molecule has 166 valence electrons. The van der Waals surface area contributed by atoms with Gasteiger partial charge in [-0.1, -0.05) is 29.8 Å². The summed E-state index contributed by atoms with van der Waals surface area (Å²) in [5, 5.41) is 23.6. The first-order valence-electron chi connectivity index (χ1n) is 10.4. The maximum Gasteiger partial charge on any atom is 0.338 e. The van der Waals surface area contributed by atoms with E-state index in [-0.39, 0.29) is 11.8 Å². The van der Waals surface area contributed by atoms with Crippen molar-refractivity contribution in [2.75, 3.05) is 6.54 Å². The van der Waals surface area contributed by atoms with Crippen LogP contribution < -0.4 is 10.1 Å². The van der Waals surface area contributed by atoms with E-state index < -0.39 is 23.5 Å². The Kier molecular flexibility index (Phi) is 6.74. The summed E-state index contributed by atoms with van der Waals surface area (Å²) in [6.45, 7) is 0.421. The molecule has 2 atom stereocenters. The number of benzene rings is 3. The van der Waals surface area contributed by atoms with Gasteiger partial charge in [-0.25, -0.2) is 9.18 Å². The van der Waals surface area contributed by atoms with Gasteiger partial charge in [0.2, 0.25) is 0 Å². The molecule has 1 aliphatic carbocycles. The standard InChI is InChI=1S/C25H23ClFNO4/c26-18-3-1-2-16(10-18)24(29)14-28-19-6-4-15-5-7-20(12-17(15)11-19)32-21-8-9-23(27)22(13-21)25(30)31/h1-3,5,7-10,12-13,19,24,28-29H,4,6,11,14H2,(H,30,31)/t19-,24+/m0/s1. The highest BCUT2D eigenvalue weighted by atomic mass is 35.5.